The van der Waals surface area contributed by atoms with E-state index in [4.69, 9.17) is 5.11 Å². The van der Waals surface area contributed by atoms with Crippen molar-refractivity contribution in [2.24, 2.45) is 0 Å². The van der Waals surface area contributed by atoms with Crippen LogP contribution in [0.3, 0.4) is 0 Å². The van der Waals surface area contributed by atoms with Gasteiger partial charge in [-0.15, -0.1) is 0 Å². The first kappa shape index (κ1) is 24.4. The molecule has 0 saturated carbocycles. The number of carbonyl (C=O) groups excluding carboxylic acids is 1. The predicted molar refractivity (Wildman–Crippen MR) is 102 cm³/mol. The minimum atomic E-state index is -0.736. The largest absolute Gasteiger partial charge is 0.469 e. The Morgan fingerprint density at radius 2 is 1.12 bits per heavy atom. The number of ether oxygens (including phenoxy) is 1. The minimum absolute atomic E-state index is 0.0874. The molecule has 0 aromatic heterocycles. The summed E-state index contributed by atoms with van der Waals surface area (Å²) in [6.07, 6.45) is 19.0. The summed E-state index contributed by atoms with van der Waals surface area (Å²) in [5, 5.41) is 9.11. The lowest BCUT2D eigenvalue weighted by atomic mass is 10.0. The van der Waals surface area contributed by atoms with Crippen molar-refractivity contribution in [3.8, 4) is 0 Å². The average Bonchev–Trinajstić information content (AvgIpc) is 2.63. The second kappa shape index (κ2) is 19.7. The highest BCUT2D eigenvalue weighted by atomic mass is 19.1. The van der Waals surface area contributed by atoms with E-state index in [1.165, 1.54) is 77.7 Å². The Morgan fingerprint density at radius 3 is 1.48 bits per heavy atom. The van der Waals surface area contributed by atoms with Gasteiger partial charge in [0.2, 0.25) is 0 Å². The molecule has 0 rings (SSSR count). The van der Waals surface area contributed by atoms with Crippen molar-refractivity contribution in [2.45, 2.75) is 115 Å². The smallest absolute Gasteiger partial charge is 0.305 e. The van der Waals surface area contributed by atoms with Crippen LogP contribution in [0.15, 0.2) is 0 Å². The highest BCUT2D eigenvalue weighted by Crippen LogP contribution is 2.14. The summed E-state index contributed by atoms with van der Waals surface area (Å²) in [6.45, 7) is -0.602. The molecule has 0 aromatic rings. The summed E-state index contributed by atoms with van der Waals surface area (Å²) in [6, 6.07) is 0. The third-order valence-corrected chi connectivity index (χ3v) is 4.82. The van der Waals surface area contributed by atoms with E-state index in [0.717, 1.165) is 25.7 Å². The molecule has 1 atom stereocenters. The number of esters is 1. The molecule has 0 saturated heterocycles. The van der Waals surface area contributed by atoms with Crippen LogP contribution in [0, 0.1) is 0 Å². The van der Waals surface area contributed by atoms with Gasteiger partial charge in [0.25, 0.3) is 0 Å². The molecule has 0 radical (unpaired) electrons. The van der Waals surface area contributed by atoms with Gasteiger partial charge in [0.05, 0.1) is 13.2 Å². The van der Waals surface area contributed by atoms with Gasteiger partial charge in [0.1, 0.15) is 6.67 Å². The second-order valence-corrected chi connectivity index (χ2v) is 7.23. The molecule has 0 aromatic carbocycles. The predicted octanol–water partition coefficient (Wildman–Crippen LogP) is 6.12. The molecule has 1 unspecified atom stereocenters. The number of methoxy groups -OCH3 is 1. The van der Waals surface area contributed by atoms with Crippen LogP contribution >= 0.6 is 0 Å². The Bertz CT molecular complexity index is 284. The Morgan fingerprint density at radius 1 is 0.760 bits per heavy atom. The maximum absolute atomic E-state index is 12.1. The number of alkyl halides is 1. The highest BCUT2D eigenvalue weighted by Gasteiger charge is 2.02. The van der Waals surface area contributed by atoms with Crippen molar-refractivity contribution >= 4 is 5.97 Å². The highest BCUT2D eigenvalue weighted by molar-refractivity contribution is 5.68. The maximum atomic E-state index is 12.1. The van der Waals surface area contributed by atoms with E-state index in [2.05, 4.69) is 4.74 Å². The molecule has 0 bridgehead atoms. The molecule has 25 heavy (non-hydrogen) atoms. The fraction of sp³-hybridized carbons (Fsp3) is 0.952. The fourth-order valence-electron chi connectivity index (χ4n) is 3.13. The van der Waals surface area contributed by atoms with Crippen LogP contribution in [0.2, 0.25) is 0 Å². The monoisotopic (exact) mass is 360 g/mol. The van der Waals surface area contributed by atoms with E-state index in [0.29, 0.717) is 12.8 Å². The first-order valence-corrected chi connectivity index (χ1v) is 10.5. The molecule has 0 aliphatic rings. The Labute approximate surface area is 154 Å². The average molecular weight is 361 g/mol. The van der Waals surface area contributed by atoms with Gasteiger partial charge < -0.3 is 9.84 Å². The van der Waals surface area contributed by atoms with Crippen LogP contribution in [0.25, 0.3) is 0 Å². The molecular formula is C21H41FO3. The number of hydrogen-bond donors (Lipinski definition) is 1. The van der Waals surface area contributed by atoms with E-state index >= 15 is 0 Å². The van der Waals surface area contributed by atoms with Gasteiger partial charge in [0, 0.05) is 6.42 Å². The number of rotatable bonds is 19. The minimum Gasteiger partial charge on any atom is -0.469 e. The van der Waals surface area contributed by atoms with Crippen molar-refractivity contribution in [3.05, 3.63) is 0 Å². The molecule has 1 N–H and O–H groups in total. The lowest BCUT2D eigenvalue weighted by Crippen LogP contribution is -2.07. The van der Waals surface area contributed by atoms with Crippen molar-refractivity contribution in [1.29, 1.82) is 0 Å². The zero-order valence-electron chi connectivity index (χ0n) is 16.4. The molecule has 3 nitrogen and oxygen atoms in total. The van der Waals surface area contributed by atoms with Gasteiger partial charge in [-0.25, -0.2) is 4.39 Å². The van der Waals surface area contributed by atoms with E-state index in [1.807, 2.05) is 0 Å². The number of halogens is 1. The number of carbonyl (C=O) groups is 1. The lowest BCUT2D eigenvalue weighted by molar-refractivity contribution is -0.140. The lowest BCUT2D eigenvalue weighted by Gasteiger charge is -2.05. The van der Waals surface area contributed by atoms with Crippen LogP contribution in [0.5, 0.6) is 0 Å². The van der Waals surface area contributed by atoms with E-state index < -0.39 is 12.8 Å². The summed E-state index contributed by atoms with van der Waals surface area (Å²) in [5.41, 5.74) is 0. The number of aliphatic hydroxyl groups is 1. The van der Waals surface area contributed by atoms with Crippen LogP contribution in [0.1, 0.15) is 109 Å². The molecule has 0 heterocycles. The molecule has 0 spiro atoms. The first-order chi connectivity index (χ1) is 12.2. The zero-order chi connectivity index (χ0) is 18.6. The molecular weight excluding hydrogens is 319 g/mol. The molecule has 0 amide bonds. The number of aliphatic hydroxyl groups excluding tert-OH is 1. The molecule has 0 aliphatic heterocycles. The van der Waals surface area contributed by atoms with Gasteiger partial charge in [-0.05, 0) is 12.8 Å². The summed E-state index contributed by atoms with van der Waals surface area (Å²) >= 11 is 0. The Kier molecular flexibility index (Phi) is 19.2. The van der Waals surface area contributed by atoms with Crippen molar-refractivity contribution in [1.82, 2.24) is 0 Å². The summed E-state index contributed by atoms with van der Waals surface area (Å²) in [4.78, 5) is 11.0. The first-order valence-electron chi connectivity index (χ1n) is 10.5. The van der Waals surface area contributed by atoms with Gasteiger partial charge in [-0.1, -0.05) is 89.9 Å². The van der Waals surface area contributed by atoms with Crippen LogP contribution in [0.4, 0.5) is 4.39 Å². The van der Waals surface area contributed by atoms with Gasteiger partial charge in [-0.3, -0.25) is 4.79 Å². The second-order valence-electron chi connectivity index (χ2n) is 7.23. The standard InChI is InChI=1S/C21H41FO3/c1-25-21(24)18-16-14-12-10-8-6-4-2-3-5-7-9-11-13-15-17-20(23)19-22/h20,23H,2-19H2,1H3. The summed E-state index contributed by atoms with van der Waals surface area (Å²) < 4.78 is 16.7. The zero-order valence-corrected chi connectivity index (χ0v) is 16.4. The number of unbranched alkanes of at least 4 members (excludes halogenated alkanes) is 14. The third-order valence-electron chi connectivity index (χ3n) is 4.82. The SMILES string of the molecule is COC(=O)CCCCCCCCCCCCCCCCCC(O)CF. The van der Waals surface area contributed by atoms with E-state index in [9.17, 15) is 9.18 Å². The summed E-state index contributed by atoms with van der Waals surface area (Å²) in [7, 11) is 1.45. The summed E-state index contributed by atoms with van der Waals surface area (Å²) in [5.74, 6) is -0.0874. The Balaban J connectivity index is 3.04. The van der Waals surface area contributed by atoms with Crippen LogP contribution < -0.4 is 0 Å². The number of hydrogen-bond acceptors (Lipinski definition) is 3. The topological polar surface area (TPSA) is 46.5 Å². The molecule has 4 heteroatoms. The maximum Gasteiger partial charge on any atom is 0.305 e. The van der Waals surface area contributed by atoms with Crippen molar-refractivity contribution in [2.75, 3.05) is 13.8 Å². The van der Waals surface area contributed by atoms with Gasteiger partial charge >= 0.3 is 5.97 Å². The molecule has 0 aliphatic carbocycles. The van der Waals surface area contributed by atoms with Crippen LogP contribution in [-0.2, 0) is 9.53 Å². The van der Waals surface area contributed by atoms with Gasteiger partial charge in [-0.2, -0.15) is 0 Å². The third kappa shape index (κ3) is 19.5. The molecule has 150 valence electrons. The van der Waals surface area contributed by atoms with Crippen molar-refractivity contribution in [3.63, 3.8) is 0 Å². The Hall–Kier alpha value is -0.640. The van der Waals surface area contributed by atoms with Gasteiger partial charge in [0.15, 0.2) is 0 Å². The van der Waals surface area contributed by atoms with Crippen LogP contribution in [-0.4, -0.2) is 31.0 Å². The fourth-order valence-corrected chi connectivity index (χ4v) is 3.13. The quantitative estimate of drug-likeness (QED) is 0.223. The van der Waals surface area contributed by atoms with E-state index in [1.54, 1.807) is 0 Å². The normalized spacial score (nSPS) is 12.3. The van der Waals surface area contributed by atoms with Crippen molar-refractivity contribution < 1.29 is 19.0 Å². The van der Waals surface area contributed by atoms with E-state index in [-0.39, 0.29) is 5.97 Å². The molecule has 0 fully saturated rings.